The average Bonchev–Trinajstić information content (AvgIpc) is 2.42. The van der Waals surface area contributed by atoms with Crippen molar-refractivity contribution >= 4 is 5.97 Å². The molecule has 1 rings (SSSR count). The molecule has 1 heterocycles. The van der Waals surface area contributed by atoms with Crippen LogP contribution in [0.1, 0.15) is 16.1 Å². The lowest BCUT2D eigenvalue weighted by atomic mass is 10.2. The third-order valence-corrected chi connectivity index (χ3v) is 2.62. The molecule has 0 aliphatic rings. The van der Waals surface area contributed by atoms with Gasteiger partial charge in [0.2, 0.25) is 0 Å². The summed E-state index contributed by atoms with van der Waals surface area (Å²) in [6, 6.07) is 0. The molecule has 19 heavy (non-hydrogen) atoms. The van der Waals surface area contributed by atoms with E-state index in [2.05, 4.69) is 9.97 Å². The second kappa shape index (κ2) is 8.52. The van der Waals surface area contributed by atoms with Crippen LogP contribution in [-0.2, 0) is 16.0 Å². The Balaban J connectivity index is 2.74. The SMILES string of the molecule is COCCN(CCOC)Cc1ncncc1C(=O)O. The van der Waals surface area contributed by atoms with Gasteiger partial charge in [-0.25, -0.2) is 14.8 Å². The first-order valence-electron chi connectivity index (χ1n) is 5.91. The molecule has 1 N–H and O–H groups in total. The molecule has 0 amide bonds. The summed E-state index contributed by atoms with van der Waals surface area (Å²) in [6.45, 7) is 2.93. The minimum absolute atomic E-state index is 0.127. The zero-order valence-corrected chi connectivity index (χ0v) is 11.2. The Kier molecular flexibility index (Phi) is 6.94. The van der Waals surface area contributed by atoms with Gasteiger partial charge in [0, 0.05) is 40.1 Å². The minimum atomic E-state index is -1.02. The highest BCUT2D eigenvalue weighted by Crippen LogP contribution is 2.07. The number of ether oxygens (including phenoxy) is 2. The maximum atomic E-state index is 11.1. The number of methoxy groups -OCH3 is 2. The van der Waals surface area contributed by atoms with Crippen molar-refractivity contribution in [2.75, 3.05) is 40.5 Å². The molecule has 0 aromatic carbocycles. The minimum Gasteiger partial charge on any atom is -0.478 e. The van der Waals surface area contributed by atoms with Crippen LogP contribution in [0.5, 0.6) is 0 Å². The highest BCUT2D eigenvalue weighted by molar-refractivity contribution is 5.88. The Bertz CT molecular complexity index is 392. The van der Waals surface area contributed by atoms with Gasteiger partial charge < -0.3 is 14.6 Å². The smallest absolute Gasteiger partial charge is 0.339 e. The summed E-state index contributed by atoms with van der Waals surface area (Å²) in [5, 5.41) is 9.08. The van der Waals surface area contributed by atoms with Crippen molar-refractivity contribution in [3.63, 3.8) is 0 Å². The van der Waals surface area contributed by atoms with Crippen molar-refractivity contribution in [3.05, 3.63) is 23.8 Å². The molecule has 1 aromatic heterocycles. The third-order valence-electron chi connectivity index (χ3n) is 2.62. The van der Waals surface area contributed by atoms with Crippen molar-refractivity contribution in [1.29, 1.82) is 0 Å². The summed E-state index contributed by atoms with van der Waals surface area (Å²) in [5.41, 5.74) is 0.622. The van der Waals surface area contributed by atoms with Crippen molar-refractivity contribution in [2.24, 2.45) is 0 Å². The first-order chi connectivity index (χ1) is 9.19. The monoisotopic (exact) mass is 269 g/mol. The Morgan fingerprint density at radius 1 is 1.32 bits per heavy atom. The predicted octanol–water partition coefficient (Wildman–Crippen LogP) is 0.270. The summed E-state index contributed by atoms with van der Waals surface area (Å²) < 4.78 is 10.1. The maximum absolute atomic E-state index is 11.1. The van der Waals surface area contributed by atoms with Crippen molar-refractivity contribution < 1.29 is 19.4 Å². The first kappa shape index (κ1) is 15.5. The van der Waals surface area contributed by atoms with E-state index in [0.717, 1.165) is 0 Å². The number of carboxylic acid groups (broad SMARTS) is 1. The van der Waals surface area contributed by atoms with E-state index in [0.29, 0.717) is 38.5 Å². The predicted molar refractivity (Wildman–Crippen MR) is 68.0 cm³/mol. The zero-order chi connectivity index (χ0) is 14.1. The van der Waals surface area contributed by atoms with Crippen molar-refractivity contribution in [3.8, 4) is 0 Å². The molecule has 106 valence electrons. The van der Waals surface area contributed by atoms with Gasteiger partial charge in [0.05, 0.1) is 18.9 Å². The number of carboxylic acids is 1. The number of hydrogen-bond donors (Lipinski definition) is 1. The molecule has 0 bridgehead atoms. The van der Waals surface area contributed by atoms with Gasteiger partial charge >= 0.3 is 5.97 Å². The van der Waals surface area contributed by atoms with Crippen LogP contribution >= 0.6 is 0 Å². The summed E-state index contributed by atoms with van der Waals surface area (Å²) in [4.78, 5) is 20.9. The molecule has 0 saturated carbocycles. The van der Waals surface area contributed by atoms with E-state index in [1.54, 1.807) is 14.2 Å². The molecule has 0 radical (unpaired) electrons. The molecule has 1 aromatic rings. The lowest BCUT2D eigenvalue weighted by molar-refractivity contribution is 0.0691. The molecule has 0 atom stereocenters. The zero-order valence-electron chi connectivity index (χ0n) is 11.2. The van der Waals surface area contributed by atoms with E-state index >= 15 is 0 Å². The van der Waals surface area contributed by atoms with Crippen molar-refractivity contribution in [1.82, 2.24) is 14.9 Å². The Morgan fingerprint density at radius 2 is 1.95 bits per heavy atom. The quantitative estimate of drug-likeness (QED) is 0.688. The molecule has 0 aliphatic heterocycles. The number of carbonyl (C=O) groups is 1. The lowest BCUT2D eigenvalue weighted by Gasteiger charge is -2.21. The second-order valence-electron chi connectivity index (χ2n) is 3.95. The largest absolute Gasteiger partial charge is 0.478 e. The molecule has 0 unspecified atom stereocenters. The standard InChI is InChI=1S/C12H19N3O4/c1-18-5-3-15(4-6-19-2)8-11-10(12(16)17)7-13-9-14-11/h7,9H,3-6,8H2,1-2H3,(H,16,17). The average molecular weight is 269 g/mol. The van der Waals surface area contributed by atoms with Crippen molar-refractivity contribution in [2.45, 2.75) is 6.54 Å². The summed E-state index contributed by atoms with van der Waals surface area (Å²) in [6.07, 6.45) is 2.67. The van der Waals surface area contributed by atoms with Gasteiger partial charge in [-0.1, -0.05) is 0 Å². The first-order valence-corrected chi connectivity index (χ1v) is 5.91. The third kappa shape index (κ3) is 5.29. The number of aromatic nitrogens is 2. The molecule has 7 heteroatoms. The van der Waals surface area contributed by atoms with E-state index in [-0.39, 0.29) is 5.56 Å². The normalized spacial score (nSPS) is 10.9. The highest BCUT2D eigenvalue weighted by Gasteiger charge is 2.14. The van der Waals surface area contributed by atoms with E-state index in [4.69, 9.17) is 14.6 Å². The molecule has 0 aliphatic carbocycles. The molecular weight excluding hydrogens is 250 g/mol. The Morgan fingerprint density at radius 3 is 2.47 bits per heavy atom. The van der Waals surface area contributed by atoms with Crippen LogP contribution in [0.2, 0.25) is 0 Å². The van der Waals surface area contributed by atoms with E-state index < -0.39 is 5.97 Å². The number of aromatic carboxylic acids is 1. The van der Waals surface area contributed by atoms with Crippen LogP contribution in [0.25, 0.3) is 0 Å². The Hall–Kier alpha value is -1.57. The highest BCUT2D eigenvalue weighted by atomic mass is 16.5. The Labute approximate surface area is 112 Å². The van der Waals surface area contributed by atoms with Crippen LogP contribution in [0.4, 0.5) is 0 Å². The van der Waals surface area contributed by atoms with Crippen LogP contribution in [-0.4, -0.2) is 66.5 Å². The van der Waals surface area contributed by atoms with Gasteiger partial charge in [0.1, 0.15) is 11.9 Å². The van der Waals surface area contributed by atoms with Gasteiger partial charge in [-0.05, 0) is 0 Å². The topological polar surface area (TPSA) is 84.8 Å². The van der Waals surface area contributed by atoms with E-state index in [1.807, 2.05) is 4.90 Å². The summed E-state index contributed by atoms with van der Waals surface area (Å²) in [7, 11) is 3.25. The van der Waals surface area contributed by atoms with Gasteiger partial charge in [-0.3, -0.25) is 4.90 Å². The van der Waals surface area contributed by atoms with Crippen LogP contribution < -0.4 is 0 Å². The fourth-order valence-corrected chi connectivity index (χ4v) is 1.58. The molecular formula is C12H19N3O4. The molecule has 0 saturated heterocycles. The van der Waals surface area contributed by atoms with Gasteiger partial charge in [-0.2, -0.15) is 0 Å². The van der Waals surface area contributed by atoms with Gasteiger partial charge in [0.25, 0.3) is 0 Å². The number of hydrogen-bond acceptors (Lipinski definition) is 6. The van der Waals surface area contributed by atoms with Gasteiger partial charge in [0.15, 0.2) is 0 Å². The van der Waals surface area contributed by atoms with Crippen LogP contribution in [0.15, 0.2) is 12.5 Å². The van der Waals surface area contributed by atoms with Crippen LogP contribution in [0.3, 0.4) is 0 Å². The fourth-order valence-electron chi connectivity index (χ4n) is 1.58. The number of nitrogens with zero attached hydrogens (tertiary/aromatic N) is 3. The second-order valence-corrected chi connectivity index (χ2v) is 3.95. The lowest BCUT2D eigenvalue weighted by Crippen LogP contribution is -2.31. The summed E-state index contributed by atoms with van der Waals surface area (Å²) in [5.74, 6) is -1.02. The molecule has 0 fully saturated rings. The van der Waals surface area contributed by atoms with Crippen LogP contribution in [0, 0.1) is 0 Å². The van der Waals surface area contributed by atoms with Gasteiger partial charge in [-0.15, -0.1) is 0 Å². The van der Waals surface area contributed by atoms with E-state index in [9.17, 15) is 4.79 Å². The van der Waals surface area contributed by atoms with E-state index in [1.165, 1.54) is 12.5 Å². The molecule has 7 nitrogen and oxygen atoms in total. The number of rotatable bonds is 9. The summed E-state index contributed by atoms with van der Waals surface area (Å²) >= 11 is 0. The molecule has 0 spiro atoms. The fraction of sp³-hybridized carbons (Fsp3) is 0.583. The maximum Gasteiger partial charge on any atom is 0.339 e.